The molecule has 1 aliphatic heterocycles. The van der Waals surface area contributed by atoms with Gasteiger partial charge in [-0.2, -0.15) is 0 Å². The van der Waals surface area contributed by atoms with E-state index >= 15 is 0 Å². The average molecular weight is 337 g/mol. The van der Waals surface area contributed by atoms with E-state index in [1.54, 1.807) is 36.4 Å². The third kappa shape index (κ3) is 4.12. The quantitative estimate of drug-likeness (QED) is 0.477. The number of rotatable bonds is 5. The van der Waals surface area contributed by atoms with E-state index in [0.717, 1.165) is 18.5 Å². The average Bonchev–Trinajstić information content (AvgIpc) is 3.01. The fourth-order valence-corrected chi connectivity index (χ4v) is 2.76. The number of likely N-dealkylation sites (tertiary alicyclic amines) is 1. The molecule has 1 fully saturated rings. The number of carbonyl (C=O) groups is 3. The Morgan fingerprint density at radius 2 is 1.64 bits per heavy atom. The number of Topliss-reactive ketones (excluding diaryl/α,β-unsaturated/α-hetero) is 1. The monoisotopic (exact) mass is 337 g/mol. The van der Waals surface area contributed by atoms with Gasteiger partial charge in [-0.1, -0.05) is 12.1 Å². The molecule has 0 spiro atoms. The van der Waals surface area contributed by atoms with Crippen molar-refractivity contribution in [2.24, 2.45) is 0 Å². The van der Waals surface area contributed by atoms with Crippen LogP contribution in [0.5, 0.6) is 5.75 Å². The molecule has 5 nitrogen and oxygen atoms in total. The van der Waals surface area contributed by atoms with Crippen LogP contribution in [0.4, 0.5) is 0 Å². The molecule has 1 aliphatic rings. The van der Waals surface area contributed by atoms with Crippen molar-refractivity contribution in [3.05, 3.63) is 65.2 Å². The van der Waals surface area contributed by atoms with Crippen LogP contribution in [0.2, 0.25) is 0 Å². The lowest BCUT2D eigenvalue weighted by molar-refractivity contribution is -0.128. The number of hydrogen-bond acceptors (Lipinski definition) is 4. The molecular weight excluding hydrogens is 318 g/mol. The highest BCUT2D eigenvalue weighted by Crippen LogP contribution is 2.17. The lowest BCUT2D eigenvalue weighted by atomic mass is 10.1. The third-order valence-electron chi connectivity index (χ3n) is 4.21. The smallest absolute Gasteiger partial charge is 0.343 e. The molecule has 0 unspecified atom stereocenters. The van der Waals surface area contributed by atoms with Gasteiger partial charge in [0.05, 0.1) is 5.56 Å². The lowest BCUT2D eigenvalue weighted by Gasteiger charge is -2.15. The van der Waals surface area contributed by atoms with E-state index in [9.17, 15) is 14.4 Å². The Balaban J connectivity index is 1.62. The predicted octanol–water partition coefficient (Wildman–Crippen LogP) is 3.23. The number of benzene rings is 2. The van der Waals surface area contributed by atoms with Gasteiger partial charge in [-0.05, 0) is 55.3 Å². The van der Waals surface area contributed by atoms with Crippen LogP contribution in [0.1, 0.15) is 46.0 Å². The Morgan fingerprint density at radius 3 is 2.20 bits per heavy atom. The molecule has 2 aromatic rings. The molecule has 128 valence electrons. The summed E-state index contributed by atoms with van der Waals surface area (Å²) < 4.78 is 5.31. The minimum atomic E-state index is -0.459. The van der Waals surface area contributed by atoms with E-state index in [4.69, 9.17) is 4.74 Å². The second-order valence-corrected chi connectivity index (χ2v) is 6.09. The Bertz CT molecular complexity index is 793. The molecule has 25 heavy (non-hydrogen) atoms. The summed E-state index contributed by atoms with van der Waals surface area (Å²) in [5.41, 5.74) is 1.99. The van der Waals surface area contributed by atoms with Gasteiger partial charge in [0.2, 0.25) is 5.91 Å². The first kappa shape index (κ1) is 16.9. The van der Waals surface area contributed by atoms with E-state index in [2.05, 4.69) is 0 Å². The molecule has 2 aromatic carbocycles. The molecule has 0 radical (unpaired) electrons. The molecule has 0 aromatic heterocycles. The van der Waals surface area contributed by atoms with Crippen molar-refractivity contribution in [1.29, 1.82) is 0 Å². The first-order valence-corrected chi connectivity index (χ1v) is 8.23. The number of carbonyl (C=O) groups excluding carboxylic acids is 3. The number of amides is 1. The summed E-state index contributed by atoms with van der Waals surface area (Å²) in [5, 5.41) is 0. The van der Waals surface area contributed by atoms with E-state index in [1.165, 1.54) is 6.92 Å². The van der Waals surface area contributed by atoms with Crippen LogP contribution in [-0.2, 0) is 11.3 Å². The van der Waals surface area contributed by atoms with Gasteiger partial charge in [0, 0.05) is 25.1 Å². The molecule has 1 heterocycles. The summed E-state index contributed by atoms with van der Waals surface area (Å²) in [4.78, 5) is 36.9. The summed E-state index contributed by atoms with van der Waals surface area (Å²) in [6, 6.07) is 13.5. The van der Waals surface area contributed by atoms with E-state index < -0.39 is 5.97 Å². The van der Waals surface area contributed by atoms with Crippen LogP contribution >= 0.6 is 0 Å². The topological polar surface area (TPSA) is 63.7 Å². The van der Waals surface area contributed by atoms with Gasteiger partial charge in [-0.15, -0.1) is 0 Å². The zero-order valence-electron chi connectivity index (χ0n) is 14.0. The second kappa shape index (κ2) is 7.30. The van der Waals surface area contributed by atoms with E-state index in [-0.39, 0.29) is 11.7 Å². The Morgan fingerprint density at radius 1 is 1.00 bits per heavy atom. The predicted molar refractivity (Wildman–Crippen MR) is 92.5 cm³/mol. The second-order valence-electron chi connectivity index (χ2n) is 6.09. The molecule has 0 atom stereocenters. The van der Waals surface area contributed by atoms with Gasteiger partial charge in [-0.25, -0.2) is 4.79 Å². The van der Waals surface area contributed by atoms with Crippen molar-refractivity contribution < 1.29 is 19.1 Å². The van der Waals surface area contributed by atoms with Gasteiger partial charge in [0.25, 0.3) is 0 Å². The Labute approximate surface area is 146 Å². The standard InChI is InChI=1S/C20H19NO4/c1-14(22)16-8-10-18(11-9-16)25-20(24)17-6-4-15(5-7-17)13-21-12-2-3-19(21)23/h4-11H,2-3,12-13H2,1H3. The fourth-order valence-electron chi connectivity index (χ4n) is 2.76. The van der Waals surface area contributed by atoms with Crippen molar-refractivity contribution in [1.82, 2.24) is 4.90 Å². The summed E-state index contributed by atoms with van der Waals surface area (Å²) in [6.07, 6.45) is 1.53. The highest BCUT2D eigenvalue weighted by molar-refractivity contribution is 5.94. The largest absolute Gasteiger partial charge is 0.423 e. The maximum absolute atomic E-state index is 12.2. The van der Waals surface area contributed by atoms with Crippen molar-refractivity contribution in [2.75, 3.05) is 6.54 Å². The van der Waals surface area contributed by atoms with Gasteiger partial charge in [0.15, 0.2) is 5.78 Å². The van der Waals surface area contributed by atoms with E-state index in [0.29, 0.717) is 29.8 Å². The zero-order valence-corrected chi connectivity index (χ0v) is 14.0. The van der Waals surface area contributed by atoms with Crippen LogP contribution in [0.15, 0.2) is 48.5 Å². The highest BCUT2D eigenvalue weighted by Gasteiger charge is 2.20. The Kier molecular flexibility index (Phi) is 4.93. The van der Waals surface area contributed by atoms with Gasteiger partial charge < -0.3 is 9.64 Å². The first-order chi connectivity index (χ1) is 12.0. The minimum absolute atomic E-state index is 0.0371. The maximum atomic E-state index is 12.2. The van der Waals surface area contributed by atoms with Gasteiger partial charge >= 0.3 is 5.97 Å². The molecule has 1 amide bonds. The minimum Gasteiger partial charge on any atom is -0.423 e. The molecule has 0 saturated carbocycles. The van der Waals surface area contributed by atoms with Crippen molar-refractivity contribution in [2.45, 2.75) is 26.3 Å². The molecule has 1 saturated heterocycles. The maximum Gasteiger partial charge on any atom is 0.343 e. The van der Waals surface area contributed by atoms with Gasteiger partial charge in [0.1, 0.15) is 5.75 Å². The highest BCUT2D eigenvalue weighted by atomic mass is 16.5. The van der Waals surface area contributed by atoms with Crippen molar-refractivity contribution in [3.63, 3.8) is 0 Å². The number of ketones is 1. The molecule has 0 aliphatic carbocycles. The van der Waals surface area contributed by atoms with E-state index in [1.807, 2.05) is 17.0 Å². The summed E-state index contributed by atoms with van der Waals surface area (Å²) in [6.45, 7) is 2.85. The fraction of sp³-hybridized carbons (Fsp3) is 0.250. The van der Waals surface area contributed by atoms with Crippen LogP contribution in [0.3, 0.4) is 0 Å². The molecule has 0 N–H and O–H groups in total. The summed E-state index contributed by atoms with van der Waals surface area (Å²) in [7, 11) is 0. The molecule has 0 bridgehead atoms. The first-order valence-electron chi connectivity index (χ1n) is 8.23. The Hall–Kier alpha value is -2.95. The SMILES string of the molecule is CC(=O)c1ccc(OC(=O)c2ccc(CN3CCCC3=O)cc2)cc1. The lowest BCUT2D eigenvalue weighted by Crippen LogP contribution is -2.23. The third-order valence-corrected chi connectivity index (χ3v) is 4.21. The summed E-state index contributed by atoms with van der Waals surface area (Å²) in [5.74, 6) is 0.0727. The number of ether oxygens (including phenoxy) is 1. The number of hydrogen-bond donors (Lipinski definition) is 0. The number of nitrogens with zero attached hydrogens (tertiary/aromatic N) is 1. The molecule has 3 rings (SSSR count). The zero-order chi connectivity index (χ0) is 17.8. The number of esters is 1. The molecule has 5 heteroatoms. The molecular formula is C20H19NO4. The van der Waals surface area contributed by atoms with Crippen molar-refractivity contribution in [3.8, 4) is 5.75 Å². The summed E-state index contributed by atoms with van der Waals surface area (Å²) >= 11 is 0. The van der Waals surface area contributed by atoms with Gasteiger partial charge in [-0.3, -0.25) is 9.59 Å². The van der Waals surface area contributed by atoms with Crippen LogP contribution in [0, 0.1) is 0 Å². The van der Waals surface area contributed by atoms with Crippen LogP contribution < -0.4 is 4.74 Å². The normalized spacial score (nSPS) is 13.8. The van der Waals surface area contributed by atoms with Crippen molar-refractivity contribution >= 4 is 17.7 Å². The van der Waals surface area contributed by atoms with Crippen LogP contribution in [-0.4, -0.2) is 29.1 Å². The van der Waals surface area contributed by atoms with Crippen LogP contribution in [0.25, 0.3) is 0 Å².